The topological polar surface area (TPSA) is 86.7 Å². The van der Waals surface area contributed by atoms with Gasteiger partial charge in [0.1, 0.15) is 11.6 Å². The van der Waals surface area contributed by atoms with Gasteiger partial charge in [0.15, 0.2) is 0 Å². The van der Waals surface area contributed by atoms with Crippen molar-refractivity contribution in [1.82, 2.24) is 5.32 Å². The van der Waals surface area contributed by atoms with Crippen molar-refractivity contribution in [3.63, 3.8) is 0 Å². The summed E-state index contributed by atoms with van der Waals surface area (Å²) in [5.41, 5.74) is -0.0861. The van der Waals surface area contributed by atoms with Crippen LogP contribution in [0.4, 0.5) is 14.5 Å². The Morgan fingerprint density at radius 3 is 2.74 bits per heavy atom. The Bertz CT molecular complexity index is 872. The zero-order valence-corrected chi connectivity index (χ0v) is 14.8. The van der Waals surface area contributed by atoms with E-state index in [1.54, 1.807) is 17.5 Å². The lowest BCUT2D eigenvalue weighted by molar-refractivity contribution is -0.138. The van der Waals surface area contributed by atoms with Gasteiger partial charge in [-0.05, 0) is 23.6 Å². The van der Waals surface area contributed by atoms with Crippen LogP contribution in [0.1, 0.15) is 23.8 Å². The lowest BCUT2D eigenvalue weighted by Gasteiger charge is -2.19. The van der Waals surface area contributed by atoms with Crippen molar-refractivity contribution in [3.05, 3.63) is 52.2 Å². The molecule has 142 valence electrons. The maximum Gasteiger partial charge on any atom is 0.305 e. The number of carbonyl (C=O) groups is 3. The molecule has 2 heterocycles. The lowest BCUT2D eigenvalue weighted by Crippen LogP contribution is -2.36. The summed E-state index contributed by atoms with van der Waals surface area (Å²) in [5.74, 6) is -4.39. The van der Waals surface area contributed by atoms with E-state index < -0.39 is 41.4 Å². The largest absolute Gasteiger partial charge is 0.481 e. The van der Waals surface area contributed by atoms with Crippen LogP contribution in [-0.2, 0) is 14.4 Å². The minimum absolute atomic E-state index is 0.0581. The van der Waals surface area contributed by atoms with Gasteiger partial charge in [-0.2, -0.15) is 0 Å². The van der Waals surface area contributed by atoms with Crippen LogP contribution in [0.25, 0.3) is 0 Å². The number of carbonyl (C=O) groups excluding carboxylic acids is 2. The zero-order valence-electron chi connectivity index (χ0n) is 14.0. The molecule has 2 atom stereocenters. The van der Waals surface area contributed by atoms with Gasteiger partial charge in [0.2, 0.25) is 11.8 Å². The summed E-state index contributed by atoms with van der Waals surface area (Å²) in [6.07, 6.45) is -0.421. The Hall–Kier alpha value is -2.81. The zero-order chi connectivity index (χ0) is 19.6. The molecule has 1 saturated heterocycles. The maximum atomic E-state index is 13.9. The number of nitrogens with one attached hydrogen (secondary N) is 1. The number of benzene rings is 1. The molecule has 0 aliphatic carbocycles. The highest BCUT2D eigenvalue weighted by Gasteiger charge is 2.37. The quantitative estimate of drug-likeness (QED) is 0.789. The Morgan fingerprint density at radius 2 is 2.11 bits per heavy atom. The molecule has 0 unspecified atom stereocenters. The number of nitrogens with zero attached hydrogens (tertiary/aromatic N) is 1. The standard InChI is InChI=1S/C18H16F2N2O4S/c19-11-3-4-14(12(20)7-11)22-9-10(6-16(22)23)18(26)21-13(8-17(24)25)15-2-1-5-27-15/h1-5,7,10,13H,6,8-9H2,(H,21,26)(H,24,25)/t10-,13-/m0/s1. The molecule has 0 saturated carbocycles. The van der Waals surface area contributed by atoms with E-state index in [-0.39, 0.29) is 25.1 Å². The first-order valence-electron chi connectivity index (χ1n) is 8.16. The van der Waals surface area contributed by atoms with E-state index >= 15 is 0 Å². The molecule has 1 fully saturated rings. The highest BCUT2D eigenvalue weighted by atomic mass is 32.1. The number of carboxylic acids is 1. The first-order chi connectivity index (χ1) is 12.8. The first-order valence-corrected chi connectivity index (χ1v) is 9.04. The van der Waals surface area contributed by atoms with Crippen LogP contribution in [-0.4, -0.2) is 29.4 Å². The van der Waals surface area contributed by atoms with Crippen molar-refractivity contribution in [2.45, 2.75) is 18.9 Å². The molecule has 2 aromatic rings. The van der Waals surface area contributed by atoms with Crippen LogP contribution < -0.4 is 10.2 Å². The number of hydrogen-bond acceptors (Lipinski definition) is 4. The second-order valence-corrected chi connectivity index (χ2v) is 7.15. The van der Waals surface area contributed by atoms with Gasteiger partial charge in [0.25, 0.3) is 0 Å². The highest BCUT2D eigenvalue weighted by molar-refractivity contribution is 7.10. The molecular formula is C18H16F2N2O4S. The van der Waals surface area contributed by atoms with E-state index in [2.05, 4.69) is 5.32 Å². The third-order valence-electron chi connectivity index (χ3n) is 4.28. The molecule has 9 heteroatoms. The van der Waals surface area contributed by atoms with Gasteiger partial charge >= 0.3 is 5.97 Å². The average molecular weight is 394 g/mol. The number of aliphatic carboxylic acids is 1. The Morgan fingerprint density at radius 1 is 1.33 bits per heavy atom. The van der Waals surface area contributed by atoms with Crippen molar-refractivity contribution in [3.8, 4) is 0 Å². The van der Waals surface area contributed by atoms with Crippen LogP contribution in [0, 0.1) is 17.6 Å². The van der Waals surface area contributed by atoms with E-state index in [9.17, 15) is 23.2 Å². The summed E-state index contributed by atoms with van der Waals surface area (Å²) < 4.78 is 27.0. The fraction of sp³-hybridized carbons (Fsp3) is 0.278. The Kier molecular flexibility index (Phi) is 5.50. The van der Waals surface area contributed by atoms with Gasteiger partial charge in [-0.1, -0.05) is 6.07 Å². The normalized spacial score (nSPS) is 17.8. The molecule has 0 bridgehead atoms. The van der Waals surface area contributed by atoms with E-state index in [4.69, 9.17) is 5.11 Å². The summed E-state index contributed by atoms with van der Waals surface area (Å²) in [4.78, 5) is 37.7. The number of hydrogen-bond donors (Lipinski definition) is 2. The summed E-state index contributed by atoms with van der Waals surface area (Å²) in [6.45, 7) is -0.0581. The van der Waals surface area contributed by atoms with Crippen molar-refractivity contribution in [2.24, 2.45) is 5.92 Å². The maximum absolute atomic E-state index is 13.9. The second-order valence-electron chi connectivity index (χ2n) is 6.18. The summed E-state index contributed by atoms with van der Waals surface area (Å²) in [7, 11) is 0. The highest BCUT2D eigenvalue weighted by Crippen LogP contribution is 2.29. The molecule has 1 aliphatic heterocycles. The van der Waals surface area contributed by atoms with E-state index in [0.717, 1.165) is 17.0 Å². The number of amides is 2. The van der Waals surface area contributed by atoms with Crippen molar-refractivity contribution >= 4 is 34.8 Å². The average Bonchev–Trinajstić information content (AvgIpc) is 3.24. The number of halogens is 2. The van der Waals surface area contributed by atoms with Crippen molar-refractivity contribution < 1.29 is 28.3 Å². The summed E-state index contributed by atoms with van der Waals surface area (Å²) >= 11 is 1.32. The van der Waals surface area contributed by atoms with Gasteiger partial charge in [-0.25, -0.2) is 8.78 Å². The number of anilines is 1. The van der Waals surface area contributed by atoms with Crippen LogP contribution in [0.2, 0.25) is 0 Å². The van der Waals surface area contributed by atoms with Gasteiger partial charge in [0.05, 0.1) is 24.1 Å². The second kappa shape index (κ2) is 7.83. The summed E-state index contributed by atoms with van der Waals surface area (Å²) in [5, 5.41) is 13.5. The fourth-order valence-corrected chi connectivity index (χ4v) is 3.77. The lowest BCUT2D eigenvalue weighted by atomic mass is 10.1. The van der Waals surface area contributed by atoms with Crippen LogP contribution in [0.3, 0.4) is 0 Å². The van der Waals surface area contributed by atoms with Crippen LogP contribution in [0.5, 0.6) is 0 Å². The predicted octanol–water partition coefficient (Wildman–Crippen LogP) is 2.71. The fourth-order valence-electron chi connectivity index (χ4n) is 2.99. The Balaban J connectivity index is 1.72. The molecule has 2 N–H and O–H groups in total. The first kappa shape index (κ1) is 19.0. The molecule has 1 aliphatic rings. The third-order valence-corrected chi connectivity index (χ3v) is 5.26. The molecule has 6 nitrogen and oxygen atoms in total. The Labute approximate surface area is 157 Å². The van der Waals surface area contributed by atoms with Crippen LogP contribution in [0.15, 0.2) is 35.7 Å². The number of carboxylic acid groups (broad SMARTS) is 1. The SMILES string of the molecule is O=C(O)C[C@H](NC(=O)[C@H]1CC(=O)N(c2ccc(F)cc2F)C1)c1cccs1. The molecule has 2 amide bonds. The smallest absolute Gasteiger partial charge is 0.305 e. The van der Waals surface area contributed by atoms with Gasteiger partial charge in [-0.3, -0.25) is 14.4 Å². The van der Waals surface area contributed by atoms with E-state index in [0.29, 0.717) is 10.9 Å². The molecule has 0 spiro atoms. The summed E-state index contributed by atoms with van der Waals surface area (Å²) in [6, 6.07) is 5.63. The minimum Gasteiger partial charge on any atom is -0.481 e. The van der Waals surface area contributed by atoms with Gasteiger partial charge in [0, 0.05) is 23.9 Å². The molecular weight excluding hydrogens is 378 g/mol. The van der Waals surface area contributed by atoms with Crippen LogP contribution >= 0.6 is 11.3 Å². The number of thiophene rings is 1. The molecule has 1 aromatic carbocycles. The van der Waals surface area contributed by atoms with E-state index in [1.165, 1.54) is 11.3 Å². The molecule has 3 rings (SSSR count). The number of rotatable bonds is 6. The van der Waals surface area contributed by atoms with Crippen molar-refractivity contribution in [1.29, 1.82) is 0 Å². The van der Waals surface area contributed by atoms with Crippen molar-refractivity contribution in [2.75, 3.05) is 11.4 Å². The molecule has 27 heavy (non-hydrogen) atoms. The third kappa shape index (κ3) is 4.30. The molecule has 1 aromatic heterocycles. The predicted molar refractivity (Wildman–Crippen MR) is 94.3 cm³/mol. The minimum atomic E-state index is -1.06. The van der Waals surface area contributed by atoms with Gasteiger partial charge in [-0.15, -0.1) is 11.3 Å². The van der Waals surface area contributed by atoms with E-state index in [1.807, 2.05) is 0 Å². The molecule has 0 radical (unpaired) electrons. The monoisotopic (exact) mass is 394 g/mol. The van der Waals surface area contributed by atoms with Gasteiger partial charge < -0.3 is 15.3 Å².